The van der Waals surface area contributed by atoms with Gasteiger partial charge in [-0.05, 0) is 35.2 Å². The van der Waals surface area contributed by atoms with Crippen LogP contribution in [0.15, 0.2) is 53.9 Å². The van der Waals surface area contributed by atoms with E-state index < -0.39 is 17.8 Å². The molecule has 0 spiro atoms. The molecule has 0 saturated carbocycles. The van der Waals surface area contributed by atoms with Crippen molar-refractivity contribution in [1.82, 2.24) is 19.5 Å². The summed E-state index contributed by atoms with van der Waals surface area (Å²) in [4.78, 5) is 20.0. The molecule has 5 rings (SSSR count). The molecule has 176 valence electrons. The maximum Gasteiger partial charge on any atom is 0.433 e. The Labute approximate surface area is 196 Å². The number of benzene rings is 1. The zero-order chi connectivity index (χ0) is 23.7. The van der Waals surface area contributed by atoms with Gasteiger partial charge in [0.05, 0.1) is 23.8 Å². The standard InChI is InChI=1S/C23H20F3N5O2S/c24-23(25,26)20-12-17(19-5-2-10-34-19)28-21-13-18(29-31(20)21)22(32)27-16-4-1-3-15(11-16)14-30-6-8-33-9-7-30/h1-5,10-13H,6-9,14H2,(H,27,32). The number of ether oxygens (including phenoxy) is 1. The molecule has 0 unspecified atom stereocenters. The van der Waals surface area contributed by atoms with Crippen LogP contribution < -0.4 is 5.32 Å². The fourth-order valence-corrected chi connectivity index (χ4v) is 4.48. The minimum Gasteiger partial charge on any atom is -0.379 e. The van der Waals surface area contributed by atoms with Gasteiger partial charge in [-0.1, -0.05) is 18.2 Å². The molecule has 0 radical (unpaired) electrons. The van der Waals surface area contributed by atoms with Crippen LogP contribution in [-0.4, -0.2) is 51.7 Å². The predicted octanol–water partition coefficient (Wildman–Crippen LogP) is 4.56. The number of alkyl halides is 3. The highest BCUT2D eigenvalue weighted by Gasteiger charge is 2.35. The van der Waals surface area contributed by atoms with Gasteiger partial charge in [-0.25, -0.2) is 9.50 Å². The molecule has 0 aliphatic carbocycles. The molecule has 4 heterocycles. The van der Waals surface area contributed by atoms with Gasteiger partial charge >= 0.3 is 6.18 Å². The van der Waals surface area contributed by atoms with Gasteiger partial charge in [-0.3, -0.25) is 9.69 Å². The smallest absolute Gasteiger partial charge is 0.379 e. The van der Waals surface area contributed by atoms with Crippen molar-refractivity contribution in [3.8, 4) is 10.6 Å². The summed E-state index contributed by atoms with van der Waals surface area (Å²) in [5.74, 6) is -0.611. The maximum atomic E-state index is 13.7. The van der Waals surface area contributed by atoms with Crippen LogP contribution in [0.5, 0.6) is 0 Å². The Morgan fingerprint density at radius 3 is 2.68 bits per heavy atom. The minimum atomic E-state index is -4.67. The summed E-state index contributed by atoms with van der Waals surface area (Å²) in [6.07, 6.45) is -4.67. The number of anilines is 1. The van der Waals surface area contributed by atoms with E-state index in [-0.39, 0.29) is 17.0 Å². The van der Waals surface area contributed by atoms with Gasteiger partial charge in [0.25, 0.3) is 5.91 Å². The Morgan fingerprint density at radius 2 is 1.94 bits per heavy atom. The van der Waals surface area contributed by atoms with Gasteiger partial charge in [-0.2, -0.15) is 18.3 Å². The van der Waals surface area contributed by atoms with Crippen LogP contribution in [0.25, 0.3) is 16.2 Å². The normalized spacial score (nSPS) is 15.0. The number of fused-ring (bicyclic) bond motifs is 1. The van der Waals surface area contributed by atoms with E-state index in [4.69, 9.17) is 4.74 Å². The number of carbonyl (C=O) groups excluding carboxylic acids is 1. The summed E-state index contributed by atoms with van der Waals surface area (Å²) in [5.41, 5.74) is 0.529. The maximum absolute atomic E-state index is 13.7. The number of aromatic nitrogens is 3. The van der Waals surface area contributed by atoms with Gasteiger partial charge < -0.3 is 10.1 Å². The lowest BCUT2D eigenvalue weighted by molar-refractivity contribution is -0.142. The minimum absolute atomic E-state index is 0.0514. The van der Waals surface area contributed by atoms with E-state index in [0.29, 0.717) is 34.8 Å². The van der Waals surface area contributed by atoms with Crippen molar-refractivity contribution < 1.29 is 22.7 Å². The molecule has 3 aromatic heterocycles. The molecule has 1 fully saturated rings. The molecule has 7 nitrogen and oxygen atoms in total. The van der Waals surface area contributed by atoms with Crippen molar-refractivity contribution in [3.63, 3.8) is 0 Å². The van der Waals surface area contributed by atoms with Crippen LogP contribution in [0.2, 0.25) is 0 Å². The van der Waals surface area contributed by atoms with E-state index in [9.17, 15) is 18.0 Å². The lowest BCUT2D eigenvalue weighted by Crippen LogP contribution is -2.35. The molecule has 0 atom stereocenters. The van der Waals surface area contributed by atoms with Gasteiger partial charge in [-0.15, -0.1) is 11.3 Å². The van der Waals surface area contributed by atoms with Crippen molar-refractivity contribution >= 4 is 28.6 Å². The lowest BCUT2D eigenvalue weighted by atomic mass is 10.1. The average Bonchev–Trinajstić information content (AvgIpc) is 3.49. The third-order valence-electron chi connectivity index (χ3n) is 5.42. The summed E-state index contributed by atoms with van der Waals surface area (Å²) in [6.45, 7) is 3.75. The first-order chi connectivity index (χ1) is 16.4. The first-order valence-electron chi connectivity index (χ1n) is 10.6. The van der Waals surface area contributed by atoms with E-state index >= 15 is 0 Å². The van der Waals surface area contributed by atoms with E-state index in [2.05, 4.69) is 20.3 Å². The van der Waals surface area contributed by atoms with Crippen molar-refractivity contribution in [2.24, 2.45) is 0 Å². The first-order valence-corrected chi connectivity index (χ1v) is 11.5. The summed E-state index contributed by atoms with van der Waals surface area (Å²) in [6, 6.07) is 13.0. The fraction of sp³-hybridized carbons (Fsp3) is 0.261. The number of hydrogen-bond donors (Lipinski definition) is 1. The Kier molecular flexibility index (Phi) is 6.07. The van der Waals surface area contributed by atoms with Crippen molar-refractivity contribution in [2.45, 2.75) is 12.7 Å². The summed E-state index contributed by atoms with van der Waals surface area (Å²) >= 11 is 1.28. The summed E-state index contributed by atoms with van der Waals surface area (Å²) in [7, 11) is 0. The highest BCUT2D eigenvalue weighted by atomic mass is 32.1. The van der Waals surface area contributed by atoms with E-state index in [0.717, 1.165) is 24.7 Å². The van der Waals surface area contributed by atoms with E-state index in [1.54, 1.807) is 23.6 Å². The number of morpholine rings is 1. The molecular formula is C23H20F3N5O2S. The molecule has 1 saturated heterocycles. The third-order valence-corrected chi connectivity index (χ3v) is 6.31. The number of nitrogens with zero attached hydrogens (tertiary/aromatic N) is 4. The SMILES string of the molecule is O=C(Nc1cccc(CN2CCOCC2)c1)c1cc2nc(-c3cccs3)cc(C(F)(F)F)n2n1. The van der Waals surface area contributed by atoms with Crippen LogP contribution in [-0.2, 0) is 17.5 Å². The summed E-state index contributed by atoms with van der Waals surface area (Å²) < 4.78 is 47.2. The molecule has 1 amide bonds. The molecule has 1 aromatic carbocycles. The average molecular weight is 488 g/mol. The van der Waals surface area contributed by atoms with Gasteiger partial charge in [0.2, 0.25) is 0 Å². The van der Waals surface area contributed by atoms with E-state index in [1.807, 2.05) is 18.2 Å². The number of hydrogen-bond acceptors (Lipinski definition) is 6. The second-order valence-electron chi connectivity index (χ2n) is 7.84. The van der Waals surface area contributed by atoms with Gasteiger partial charge in [0, 0.05) is 31.4 Å². The monoisotopic (exact) mass is 487 g/mol. The van der Waals surface area contributed by atoms with Gasteiger partial charge in [0.15, 0.2) is 17.0 Å². The zero-order valence-corrected chi connectivity index (χ0v) is 18.7. The Hall–Kier alpha value is -3.28. The Bertz CT molecular complexity index is 1310. The fourth-order valence-electron chi connectivity index (χ4n) is 3.80. The largest absolute Gasteiger partial charge is 0.433 e. The first kappa shape index (κ1) is 22.5. The van der Waals surface area contributed by atoms with Crippen LogP contribution in [0.3, 0.4) is 0 Å². The predicted molar refractivity (Wildman–Crippen MR) is 122 cm³/mol. The summed E-state index contributed by atoms with van der Waals surface area (Å²) in [5, 5.41) is 8.41. The van der Waals surface area contributed by atoms with E-state index in [1.165, 1.54) is 17.4 Å². The number of carbonyl (C=O) groups is 1. The quantitative estimate of drug-likeness (QED) is 0.447. The number of rotatable bonds is 5. The van der Waals surface area contributed by atoms with Crippen molar-refractivity contribution in [2.75, 3.05) is 31.6 Å². The number of thiophene rings is 1. The Morgan fingerprint density at radius 1 is 1.12 bits per heavy atom. The molecule has 0 bridgehead atoms. The topological polar surface area (TPSA) is 71.8 Å². The third kappa shape index (κ3) is 4.81. The van der Waals surface area contributed by atoms with Crippen molar-refractivity contribution in [3.05, 3.63) is 70.9 Å². The molecule has 1 aliphatic heterocycles. The van der Waals surface area contributed by atoms with Crippen LogP contribution in [0.4, 0.5) is 18.9 Å². The number of nitrogens with one attached hydrogen (secondary N) is 1. The zero-order valence-electron chi connectivity index (χ0n) is 17.9. The highest BCUT2D eigenvalue weighted by Crippen LogP contribution is 2.33. The second kappa shape index (κ2) is 9.16. The molecule has 1 N–H and O–H groups in total. The van der Waals surface area contributed by atoms with Crippen LogP contribution in [0.1, 0.15) is 21.7 Å². The molecule has 4 aromatic rings. The van der Waals surface area contributed by atoms with Crippen LogP contribution in [0, 0.1) is 0 Å². The number of halogens is 3. The molecular weight excluding hydrogens is 467 g/mol. The Balaban J connectivity index is 1.41. The highest BCUT2D eigenvalue weighted by molar-refractivity contribution is 7.13. The molecule has 11 heteroatoms. The number of amides is 1. The lowest BCUT2D eigenvalue weighted by Gasteiger charge is -2.26. The molecule has 34 heavy (non-hydrogen) atoms. The second-order valence-corrected chi connectivity index (χ2v) is 8.79. The van der Waals surface area contributed by atoms with Crippen molar-refractivity contribution in [1.29, 1.82) is 0 Å². The van der Waals surface area contributed by atoms with Gasteiger partial charge in [0.1, 0.15) is 0 Å². The molecule has 1 aliphatic rings. The van der Waals surface area contributed by atoms with Crippen LogP contribution >= 0.6 is 11.3 Å².